The second kappa shape index (κ2) is 6.78. The van der Waals surface area contributed by atoms with Crippen molar-refractivity contribution in [3.63, 3.8) is 0 Å². The van der Waals surface area contributed by atoms with Gasteiger partial charge in [-0.25, -0.2) is 4.79 Å². The van der Waals surface area contributed by atoms with Crippen LogP contribution in [0.1, 0.15) is 38.2 Å². The number of hydrogen-bond donors (Lipinski definition) is 1. The Labute approximate surface area is 121 Å². The smallest absolute Gasteiger partial charge is 0.328 e. The van der Waals surface area contributed by atoms with E-state index in [4.69, 9.17) is 4.74 Å². The molecule has 1 aromatic carbocycles. The van der Waals surface area contributed by atoms with Gasteiger partial charge in [0.1, 0.15) is 6.04 Å². The van der Waals surface area contributed by atoms with Gasteiger partial charge in [0, 0.05) is 5.69 Å². The summed E-state index contributed by atoms with van der Waals surface area (Å²) in [5, 5.41) is 3.37. The molecule has 0 aliphatic heterocycles. The molecule has 1 N–H and O–H groups in total. The van der Waals surface area contributed by atoms with Gasteiger partial charge in [0.05, 0.1) is 7.11 Å². The van der Waals surface area contributed by atoms with Crippen LogP contribution in [0.5, 0.6) is 0 Å². The van der Waals surface area contributed by atoms with E-state index in [9.17, 15) is 4.79 Å². The average molecular weight is 275 g/mol. The van der Waals surface area contributed by atoms with Gasteiger partial charge < -0.3 is 10.1 Å². The van der Waals surface area contributed by atoms with Gasteiger partial charge in [-0.1, -0.05) is 37.5 Å². The highest BCUT2D eigenvalue weighted by molar-refractivity contribution is 5.79. The third-order valence-electron chi connectivity index (χ3n) is 4.28. The van der Waals surface area contributed by atoms with Crippen molar-refractivity contribution < 1.29 is 9.53 Å². The van der Waals surface area contributed by atoms with Gasteiger partial charge in [0.15, 0.2) is 0 Å². The van der Waals surface area contributed by atoms with E-state index in [1.54, 1.807) is 0 Å². The lowest BCUT2D eigenvalue weighted by Gasteiger charge is -2.32. The summed E-state index contributed by atoms with van der Waals surface area (Å²) in [5.41, 5.74) is 2.21. The molecule has 0 radical (unpaired) electrons. The topological polar surface area (TPSA) is 38.3 Å². The highest BCUT2D eigenvalue weighted by Crippen LogP contribution is 2.32. The maximum Gasteiger partial charge on any atom is 0.328 e. The maximum atomic E-state index is 12.1. The Morgan fingerprint density at radius 1 is 1.30 bits per heavy atom. The van der Waals surface area contributed by atoms with Gasteiger partial charge in [0.2, 0.25) is 0 Å². The predicted octanol–water partition coefficient (Wildman–Crippen LogP) is 3.77. The fourth-order valence-corrected chi connectivity index (χ4v) is 3.11. The van der Waals surface area contributed by atoms with Crippen LogP contribution in [0.2, 0.25) is 0 Å². The zero-order valence-corrected chi connectivity index (χ0v) is 12.7. The largest absolute Gasteiger partial charge is 0.467 e. The highest BCUT2D eigenvalue weighted by Gasteiger charge is 2.32. The van der Waals surface area contributed by atoms with Crippen molar-refractivity contribution in [2.45, 2.75) is 45.6 Å². The number of methoxy groups -OCH3 is 1. The number of esters is 1. The molecule has 3 unspecified atom stereocenters. The van der Waals surface area contributed by atoms with Gasteiger partial charge in [0.25, 0.3) is 0 Å². The summed E-state index contributed by atoms with van der Waals surface area (Å²) < 4.78 is 5.00. The lowest BCUT2D eigenvalue weighted by atomic mass is 9.78. The number of aryl methyl sites for hydroxylation is 1. The average Bonchev–Trinajstić information content (AvgIpc) is 2.46. The molecular formula is C17H25NO2. The summed E-state index contributed by atoms with van der Waals surface area (Å²) in [4.78, 5) is 12.1. The third-order valence-corrected chi connectivity index (χ3v) is 4.28. The van der Waals surface area contributed by atoms with E-state index in [0.717, 1.165) is 18.5 Å². The summed E-state index contributed by atoms with van der Waals surface area (Å²) in [6.45, 7) is 4.33. The Bertz CT molecular complexity index is 441. The quantitative estimate of drug-likeness (QED) is 0.850. The van der Waals surface area contributed by atoms with E-state index in [1.807, 2.05) is 12.1 Å². The zero-order chi connectivity index (χ0) is 14.5. The molecule has 0 amide bonds. The molecule has 3 nitrogen and oxygen atoms in total. The second-order valence-electron chi connectivity index (χ2n) is 6.04. The van der Waals surface area contributed by atoms with E-state index >= 15 is 0 Å². The third kappa shape index (κ3) is 3.75. The summed E-state index contributed by atoms with van der Waals surface area (Å²) in [6.07, 6.45) is 4.67. The van der Waals surface area contributed by atoms with E-state index in [-0.39, 0.29) is 12.0 Å². The molecule has 3 atom stereocenters. The zero-order valence-electron chi connectivity index (χ0n) is 12.7. The molecule has 3 heteroatoms. The molecular weight excluding hydrogens is 250 g/mol. The summed E-state index contributed by atoms with van der Waals surface area (Å²) in [7, 11) is 1.47. The van der Waals surface area contributed by atoms with Crippen molar-refractivity contribution in [1.29, 1.82) is 0 Å². The maximum absolute atomic E-state index is 12.1. The molecule has 1 saturated carbocycles. The number of carbonyl (C=O) groups is 1. The molecule has 0 heterocycles. The normalized spacial score (nSPS) is 23.9. The van der Waals surface area contributed by atoms with E-state index in [1.165, 1.54) is 25.5 Å². The molecule has 110 valence electrons. The van der Waals surface area contributed by atoms with Gasteiger partial charge in [-0.2, -0.15) is 0 Å². The van der Waals surface area contributed by atoms with Crippen LogP contribution in [0, 0.1) is 18.8 Å². The first-order chi connectivity index (χ1) is 9.60. The first-order valence-corrected chi connectivity index (χ1v) is 7.51. The lowest BCUT2D eigenvalue weighted by molar-refractivity contribution is -0.143. The van der Waals surface area contributed by atoms with Crippen molar-refractivity contribution in [2.24, 2.45) is 11.8 Å². The number of carbonyl (C=O) groups excluding carboxylic acids is 1. The first-order valence-electron chi connectivity index (χ1n) is 7.51. The number of nitrogens with one attached hydrogen (secondary N) is 1. The Balaban J connectivity index is 2.10. The van der Waals surface area contributed by atoms with Crippen molar-refractivity contribution in [3.05, 3.63) is 29.8 Å². The Kier molecular flexibility index (Phi) is 5.05. The van der Waals surface area contributed by atoms with E-state index in [2.05, 4.69) is 31.3 Å². The first kappa shape index (κ1) is 14.9. The van der Waals surface area contributed by atoms with Crippen LogP contribution < -0.4 is 5.32 Å². The van der Waals surface area contributed by atoms with Crippen molar-refractivity contribution in [3.8, 4) is 0 Å². The van der Waals surface area contributed by atoms with Crippen LogP contribution in [0.15, 0.2) is 24.3 Å². The lowest BCUT2D eigenvalue weighted by Crippen LogP contribution is -2.40. The van der Waals surface area contributed by atoms with E-state index in [0.29, 0.717) is 11.8 Å². The predicted molar refractivity (Wildman–Crippen MR) is 81.7 cm³/mol. The highest BCUT2D eigenvalue weighted by atomic mass is 16.5. The molecule has 2 rings (SSSR count). The minimum absolute atomic E-state index is 0.148. The monoisotopic (exact) mass is 275 g/mol. The molecule has 1 aliphatic rings. The van der Waals surface area contributed by atoms with Gasteiger partial charge >= 0.3 is 5.97 Å². The number of hydrogen-bond acceptors (Lipinski definition) is 3. The number of anilines is 1. The van der Waals surface area contributed by atoms with Gasteiger partial charge in [-0.3, -0.25) is 0 Å². The van der Waals surface area contributed by atoms with Crippen molar-refractivity contribution in [1.82, 2.24) is 0 Å². The van der Waals surface area contributed by atoms with E-state index < -0.39 is 0 Å². The Morgan fingerprint density at radius 2 is 2.00 bits per heavy atom. The second-order valence-corrected chi connectivity index (χ2v) is 6.04. The summed E-state index contributed by atoms with van der Waals surface area (Å²) in [5.74, 6) is 0.915. The van der Waals surface area contributed by atoms with Crippen LogP contribution in [0.25, 0.3) is 0 Å². The van der Waals surface area contributed by atoms with Gasteiger partial charge in [-0.05, 0) is 43.7 Å². The number of rotatable bonds is 4. The minimum atomic E-state index is -0.231. The van der Waals surface area contributed by atoms with Gasteiger partial charge in [-0.15, -0.1) is 0 Å². The molecule has 1 aliphatic carbocycles. The fraction of sp³-hybridized carbons (Fsp3) is 0.588. The molecule has 0 spiro atoms. The van der Waals surface area contributed by atoms with Crippen molar-refractivity contribution >= 4 is 11.7 Å². The summed E-state index contributed by atoms with van der Waals surface area (Å²) >= 11 is 0. The molecule has 20 heavy (non-hydrogen) atoms. The number of benzene rings is 1. The number of ether oxygens (including phenoxy) is 1. The van der Waals surface area contributed by atoms with Crippen LogP contribution in [-0.4, -0.2) is 19.1 Å². The SMILES string of the molecule is COC(=O)C(Nc1ccc(C)cc1)C1CCCC(C)C1. The molecule has 1 aromatic rings. The minimum Gasteiger partial charge on any atom is -0.467 e. The molecule has 1 fully saturated rings. The standard InChI is InChI=1S/C17H25NO2/c1-12-7-9-15(10-8-12)18-16(17(19)20-3)14-6-4-5-13(2)11-14/h7-10,13-14,16,18H,4-6,11H2,1-3H3. The summed E-state index contributed by atoms with van der Waals surface area (Å²) in [6, 6.07) is 7.93. The van der Waals surface area contributed by atoms with Crippen molar-refractivity contribution in [2.75, 3.05) is 12.4 Å². The van der Waals surface area contributed by atoms with Crippen LogP contribution in [-0.2, 0) is 9.53 Å². The Morgan fingerprint density at radius 3 is 2.60 bits per heavy atom. The molecule has 0 aromatic heterocycles. The molecule has 0 saturated heterocycles. The Hall–Kier alpha value is -1.51. The molecule has 0 bridgehead atoms. The van der Waals surface area contributed by atoms with Crippen LogP contribution in [0.4, 0.5) is 5.69 Å². The fourth-order valence-electron chi connectivity index (χ4n) is 3.11. The van der Waals surface area contributed by atoms with Crippen LogP contribution >= 0.6 is 0 Å². The van der Waals surface area contributed by atoms with Crippen LogP contribution in [0.3, 0.4) is 0 Å².